The van der Waals surface area contributed by atoms with Crippen molar-refractivity contribution in [3.05, 3.63) is 77.1 Å². The zero-order valence-electron chi connectivity index (χ0n) is 29.8. The molecule has 2 aliphatic carbocycles. The maximum Gasteiger partial charge on any atom is 0.254 e. The lowest BCUT2D eigenvalue weighted by molar-refractivity contribution is -0.158. The van der Waals surface area contributed by atoms with Gasteiger partial charge in [0.15, 0.2) is 6.10 Å². The van der Waals surface area contributed by atoms with Crippen molar-refractivity contribution in [1.82, 2.24) is 14.6 Å². The van der Waals surface area contributed by atoms with Crippen LogP contribution in [0.4, 0.5) is 0 Å². The van der Waals surface area contributed by atoms with E-state index in [1.165, 1.54) is 10.5 Å². The highest BCUT2D eigenvalue weighted by Gasteiger charge is 2.45. The number of aryl methyl sites for hydroxylation is 1. The van der Waals surface area contributed by atoms with Crippen molar-refractivity contribution in [2.45, 2.75) is 92.2 Å². The summed E-state index contributed by atoms with van der Waals surface area (Å²) in [7, 11) is -3.44. The maximum absolute atomic E-state index is 13.2. The van der Waals surface area contributed by atoms with Gasteiger partial charge in [0.05, 0.1) is 19.0 Å². The molecule has 12 nitrogen and oxygen atoms in total. The number of aromatic nitrogens is 1. The summed E-state index contributed by atoms with van der Waals surface area (Å²) in [6.45, 7) is -0.570. The van der Waals surface area contributed by atoms with E-state index in [1.807, 2.05) is 42.7 Å². The van der Waals surface area contributed by atoms with Crippen LogP contribution in [0.25, 0.3) is 11.1 Å². The number of aliphatic hydroxyl groups is 5. The highest BCUT2D eigenvalue weighted by atomic mass is 35.5. The van der Waals surface area contributed by atoms with Crippen molar-refractivity contribution in [2.75, 3.05) is 38.2 Å². The fourth-order valence-corrected chi connectivity index (χ4v) is 8.01. The molecule has 2 fully saturated rings. The summed E-state index contributed by atoms with van der Waals surface area (Å²) in [4.78, 5) is 20.0. The molecule has 0 saturated heterocycles. The number of nitrogens with zero attached hydrogens (tertiary/aromatic N) is 2. The van der Waals surface area contributed by atoms with Crippen LogP contribution in [0.3, 0.4) is 0 Å². The Labute approximate surface area is 320 Å². The third-order valence-electron chi connectivity index (χ3n) is 9.76. The molecule has 2 saturated carbocycles. The minimum Gasteiger partial charge on any atom is -0.490 e. The van der Waals surface area contributed by atoms with E-state index in [0.717, 1.165) is 72.1 Å². The van der Waals surface area contributed by atoms with Gasteiger partial charge < -0.3 is 35.2 Å². The van der Waals surface area contributed by atoms with Gasteiger partial charge in [0, 0.05) is 47.5 Å². The van der Waals surface area contributed by atoms with E-state index in [-0.39, 0.29) is 31.5 Å². The number of thioether (sulfide) groups is 1. The number of aliphatic hydroxyl groups excluding tert-OH is 5. The second-order valence-corrected chi connectivity index (χ2v) is 17.4. The van der Waals surface area contributed by atoms with E-state index >= 15 is 0 Å². The Morgan fingerprint density at radius 2 is 1.79 bits per heavy atom. The van der Waals surface area contributed by atoms with Crippen molar-refractivity contribution in [2.24, 2.45) is 0 Å². The summed E-state index contributed by atoms with van der Waals surface area (Å²) >= 11 is 8.30. The molecule has 0 unspecified atom stereocenters. The van der Waals surface area contributed by atoms with Gasteiger partial charge in [-0.15, -0.1) is 11.8 Å². The molecule has 3 aromatic rings. The minimum atomic E-state index is -3.44. The average Bonchev–Trinajstić information content (AvgIpc) is 4.10. The number of hydrogen-bond donors (Lipinski definition) is 6. The summed E-state index contributed by atoms with van der Waals surface area (Å²) in [6, 6.07) is 16.3. The molecule has 0 aliphatic heterocycles. The van der Waals surface area contributed by atoms with Crippen molar-refractivity contribution < 1.29 is 43.5 Å². The second kappa shape index (κ2) is 18.7. The minimum absolute atomic E-state index is 0.0000366. The van der Waals surface area contributed by atoms with Crippen molar-refractivity contribution in [1.29, 1.82) is 0 Å². The van der Waals surface area contributed by atoms with E-state index in [4.69, 9.17) is 21.4 Å². The molecule has 53 heavy (non-hydrogen) atoms. The molecule has 1 amide bonds. The van der Waals surface area contributed by atoms with Gasteiger partial charge in [0.2, 0.25) is 10.0 Å². The molecule has 6 N–H and O–H groups in total. The lowest BCUT2D eigenvalue weighted by Gasteiger charge is -2.30. The normalized spacial score (nSPS) is 17.5. The summed E-state index contributed by atoms with van der Waals surface area (Å²) in [5, 5.41) is 50.3. The topological polar surface area (TPSA) is 190 Å². The number of sulfonamides is 1. The van der Waals surface area contributed by atoms with Gasteiger partial charge in [-0.05, 0) is 110 Å². The van der Waals surface area contributed by atoms with E-state index in [9.17, 15) is 33.6 Å². The number of benzene rings is 2. The highest BCUT2D eigenvalue weighted by Crippen LogP contribution is 2.55. The molecule has 0 spiro atoms. The molecule has 2 aromatic carbocycles. The van der Waals surface area contributed by atoms with E-state index < -0.39 is 47.0 Å². The number of nitrogens with one attached hydrogen (secondary N) is 1. The lowest BCUT2D eigenvalue weighted by atomic mass is 9.85. The van der Waals surface area contributed by atoms with Crippen LogP contribution in [-0.4, -0.2) is 119 Å². The SMILES string of the molecule is CS(=O)(=O)NCCCN(CCCSc1ccc(Cl)c(CCC2(c3cnccc3-c3ccccc3OC3CC3)CC2)c1)C(=O)[C@@H](O)[C@@H](O)[C@H](O)[C@@H](O)CO. The smallest absolute Gasteiger partial charge is 0.254 e. The molecule has 15 heteroatoms. The summed E-state index contributed by atoms with van der Waals surface area (Å²) in [6.07, 6.45) is 4.08. The summed E-state index contributed by atoms with van der Waals surface area (Å²) in [5.74, 6) is 0.625. The summed E-state index contributed by atoms with van der Waals surface area (Å²) in [5.41, 5.74) is 4.52. The van der Waals surface area contributed by atoms with E-state index in [1.54, 1.807) is 11.8 Å². The summed E-state index contributed by atoms with van der Waals surface area (Å²) < 4.78 is 31.6. The number of carbonyl (C=O) groups is 1. The Bertz CT molecular complexity index is 1790. The number of hydrogen-bond acceptors (Lipinski definition) is 11. The monoisotopic (exact) mass is 791 g/mol. The fourth-order valence-electron chi connectivity index (χ4n) is 6.38. The third-order valence-corrected chi connectivity index (χ3v) is 11.9. The van der Waals surface area contributed by atoms with Crippen molar-refractivity contribution in [3.63, 3.8) is 0 Å². The number of pyridine rings is 1. The van der Waals surface area contributed by atoms with E-state index in [0.29, 0.717) is 23.3 Å². The van der Waals surface area contributed by atoms with Crippen LogP contribution in [0.1, 0.15) is 56.1 Å². The van der Waals surface area contributed by atoms with Crippen LogP contribution in [-0.2, 0) is 26.7 Å². The molecule has 2 aliphatic rings. The number of amides is 1. The molecule has 0 bridgehead atoms. The first-order valence-corrected chi connectivity index (χ1v) is 21.3. The van der Waals surface area contributed by atoms with Gasteiger partial charge in [-0.25, -0.2) is 13.1 Å². The highest BCUT2D eigenvalue weighted by molar-refractivity contribution is 7.99. The maximum atomic E-state index is 13.2. The number of ether oxygens (including phenoxy) is 1. The molecule has 1 heterocycles. The van der Waals surface area contributed by atoms with Gasteiger partial charge in [0.25, 0.3) is 5.91 Å². The first kappa shape index (κ1) is 41.4. The van der Waals surface area contributed by atoms with E-state index in [2.05, 4.69) is 27.9 Å². The molecular formula is C38H50ClN3O9S2. The molecule has 290 valence electrons. The largest absolute Gasteiger partial charge is 0.490 e. The predicted octanol–water partition coefficient (Wildman–Crippen LogP) is 3.29. The number of carbonyl (C=O) groups excluding carboxylic acids is 1. The van der Waals surface area contributed by atoms with Gasteiger partial charge in [-0.3, -0.25) is 9.78 Å². The zero-order chi connectivity index (χ0) is 38.2. The van der Waals surface area contributed by atoms with Gasteiger partial charge in [-0.1, -0.05) is 29.8 Å². The Balaban J connectivity index is 1.19. The Kier molecular flexibility index (Phi) is 14.6. The first-order chi connectivity index (χ1) is 25.3. The zero-order valence-corrected chi connectivity index (χ0v) is 32.2. The standard InChI is InChI=1S/C38H50ClN3O9S2/c1-53(49,50)41-17-4-19-42(37(48)36(47)35(46)34(45)32(44)24-43)20-5-21-52-27-10-11-31(39)25(22-27)12-14-38(15-16-38)30-23-40-18-13-28(30)29-6-2-3-7-33(29)51-26-8-9-26/h2-3,6-7,10-11,13,18,22-23,26,32,34-36,41,43-47H,4-5,8-9,12,14-17,19-21,24H2,1H3/t32-,34+,35-,36-/m0/s1. The van der Waals surface area contributed by atoms with Crippen LogP contribution in [0.5, 0.6) is 5.75 Å². The number of halogens is 1. The van der Waals surface area contributed by atoms with Crippen molar-refractivity contribution in [3.8, 4) is 16.9 Å². The Morgan fingerprint density at radius 3 is 2.49 bits per heavy atom. The molecule has 4 atom stereocenters. The Morgan fingerprint density at radius 1 is 1.06 bits per heavy atom. The van der Waals surface area contributed by atoms with Crippen LogP contribution in [0, 0.1) is 0 Å². The van der Waals surface area contributed by atoms with Gasteiger partial charge in [-0.2, -0.15) is 0 Å². The number of para-hydroxylation sites is 1. The van der Waals surface area contributed by atoms with Crippen LogP contribution < -0.4 is 9.46 Å². The van der Waals surface area contributed by atoms with Gasteiger partial charge in [0.1, 0.15) is 24.1 Å². The molecular weight excluding hydrogens is 742 g/mol. The fraction of sp³-hybridized carbons (Fsp3) is 0.526. The Hall–Kier alpha value is -2.79. The quantitative estimate of drug-likeness (QED) is 0.0647. The first-order valence-electron chi connectivity index (χ1n) is 18.0. The molecule has 1 aromatic heterocycles. The second-order valence-electron chi connectivity index (χ2n) is 14.0. The van der Waals surface area contributed by atoms with Gasteiger partial charge >= 0.3 is 0 Å². The average molecular weight is 792 g/mol. The van der Waals surface area contributed by atoms with Crippen LogP contribution in [0.2, 0.25) is 5.02 Å². The predicted molar refractivity (Wildman–Crippen MR) is 205 cm³/mol. The lowest BCUT2D eigenvalue weighted by Crippen LogP contribution is -2.53. The molecule has 0 radical (unpaired) electrons. The van der Waals surface area contributed by atoms with Crippen LogP contribution >= 0.6 is 23.4 Å². The third kappa shape index (κ3) is 11.6. The van der Waals surface area contributed by atoms with Crippen LogP contribution in [0.15, 0.2) is 65.8 Å². The number of rotatable bonds is 22. The molecule has 5 rings (SSSR count). The van der Waals surface area contributed by atoms with Crippen molar-refractivity contribution >= 4 is 39.3 Å².